The fourth-order valence-electron chi connectivity index (χ4n) is 4.15. The molecule has 0 bridgehead atoms. The molecular weight excluding hydrogens is 348 g/mol. The molecule has 1 saturated carbocycles. The quantitative estimate of drug-likeness (QED) is 0.531. The topological polar surface area (TPSA) is 60.7 Å². The molecule has 4 rings (SSSR count). The van der Waals surface area contributed by atoms with Gasteiger partial charge in [0.2, 0.25) is 0 Å². The Morgan fingerprint density at radius 2 is 1.11 bits per heavy atom. The van der Waals surface area contributed by atoms with Crippen LogP contribution in [0.4, 0.5) is 0 Å². The van der Waals surface area contributed by atoms with Crippen molar-refractivity contribution in [1.82, 2.24) is 0 Å². The van der Waals surface area contributed by atoms with Gasteiger partial charge in [0, 0.05) is 0 Å². The highest BCUT2D eigenvalue weighted by Gasteiger charge is 2.22. The molecule has 0 heterocycles. The summed E-state index contributed by atoms with van der Waals surface area (Å²) >= 11 is 0. The van der Waals surface area contributed by atoms with Gasteiger partial charge < -0.3 is 15.3 Å². The van der Waals surface area contributed by atoms with Gasteiger partial charge in [-0.3, -0.25) is 0 Å². The fourth-order valence-corrected chi connectivity index (χ4v) is 4.15. The Kier molecular flexibility index (Phi) is 5.07. The molecule has 3 aromatic rings. The zero-order valence-corrected chi connectivity index (χ0v) is 15.7. The maximum atomic E-state index is 9.70. The molecule has 0 saturated heterocycles. The maximum Gasteiger partial charge on any atom is 0.115 e. The number of phenols is 3. The lowest BCUT2D eigenvalue weighted by Gasteiger charge is -2.27. The molecule has 1 aliphatic carbocycles. The normalized spacial score (nSPS) is 16.7. The molecule has 3 heteroatoms. The van der Waals surface area contributed by atoms with Crippen molar-refractivity contribution >= 4 is 5.57 Å². The minimum absolute atomic E-state index is 0.254. The largest absolute Gasteiger partial charge is 0.508 e. The standard InChI is InChI=1S/C25H24O3/c26-22-10-4-17(5-11-22)20-2-1-3-21(16-20)25(18-6-12-23(27)13-7-18)19-8-14-24(28)15-9-19/h4-15,20,26-28H,1-3,16H2/t20-/m0/s1. The van der Waals surface area contributed by atoms with Crippen molar-refractivity contribution in [2.24, 2.45) is 0 Å². The zero-order chi connectivity index (χ0) is 19.5. The summed E-state index contributed by atoms with van der Waals surface area (Å²) in [6.45, 7) is 0. The van der Waals surface area contributed by atoms with Crippen molar-refractivity contribution in [3.05, 3.63) is 95.1 Å². The first kappa shape index (κ1) is 18.2. The summed E-state index contributed by atoms with van der Waals surface area (Å²) in [5, 5.41) is 29.0. The lowest BCUT2D eigenvalue weighted by atomic mass is 9.77. The third-order valence-corrected chi connectivity index (χ3v) is 5.55. The van der Waals surface area contributed by atoms with Crippen molar-refractivity contribution in [3.63, 3.8) is 0 Å². The highest BCUT2D eigenvalue weighted by atomic mass is 16.3. The minimum Gasteiger partial charge on any atom is -0.508 e. The third-order valence-electron chi connectivity index (χ3n) is 5.55. The number of benzene rings is 3. The second kappa shape index (κ2) is 7.81. The summed E-state index contributed by atoms with van der Waals surface area (Å²) in [6, 6.07) is 22.2. The van der Waals surface area contributed by atoms with Crippen molar-refractivity contribution in [2.45, 2.75) is 31.6 Å². The molecule has 28 heavy (non-hydrogen) atoms. The van der Waals surface area contributed by atoms with E-state index in [1.807, 2.05) is 36.4 Å². The predicted octanol–water partition coefficient (Wildman–Crippen LogP) is 5.96. The van der Waals surface area contributed by atoms with Gasteiger partial charge in [0.05, 0.1) is 0 Å². The SMILES string of the molecule is Oc1ccc(C(=C2CCC[C@H](c3ccc(O)cc3)C2)c2ccc(O)cc2)cc1. The van der Waals surface area contributed by atoms with Gasteiger partial charge in [-0.2, -0.15) is 0 Å². The van der Waals surface area contributed by atoms with E-state index in [2.05, 4.69) is 0 Å². The predicted molar refractivity (Wildman–Crippen MR) is 112 cm³/mol. The molecule has 1 atom stereocenters. The smallest absolute Gasteiger partial charge is 0.115 e. The second-order valence-corrected chi connectivity index (χ2v) is 7.46. The highest BCUT2D eigenvalue weighted by molar-refractivity contribution is 5.82. The van der Waals surface area contributed by atoms with E-state index in [-0.39, 0.29) is 11.5 Å². The fraction of sp³-hybridized carbons (Fsp3) is 0.200. The van der Waals surface area contributed by atoms with Crippen LogP contribution in [0.2, 0.25) is 0 Å². The summed E-state index contributed by atoms with van der Waals surface area (Å²) in [6.07, 6.45) is 4.24. The van der Waals surface area contributed by atoms with E-state index in [1.54, 1.807) is 36.4 Å². The van der Waals surface area contributed by atoms with Crippen LogP contribution in [0, 0.1) is 0 Å². The van der Waals surface area contributed by atoms with E-state index in [9.17, 15) is 15.3 Å². The summed E-state index contributed by atoms with van der Waals surface area (Å²) < 4.78 is 0. The summed E-state index contributed by atoms with van der Waals surface area (Å²) in [4.78, 5) is 0. The van der Waals surface area contributed by atoms with Gasteiger partial charge in [0.25, 0.3) is 0 Å². The van der Waals surface area contributed by atoms with Crippen LogP contribution in [-0.4, -0.2) is 15.3 Å². The molecule has 1 fully saturated rings. The average Bonchev–Trinajstić information content (AvgIpc) is 2.72. The molecule has 142 valence electrons. The highest BCUT2D eigenvalue weighted by Crippen LogP contribution is 2.41. The van der Waals surface area contributed by atoms with Crippen LogP contribution in [-0.2, 0) is 0 Å². The van der Waals surface area contributed by atoms with Crippen LogP contribution in [0.3, 0.4) is 0 Å². The van der Waals surface area contributed by atoms with Gasteiger partial charge in [-0.05, 0) is 90.3 Å². The average molecular weight is 372 g/mol. The van der Waals surface area contributed by atoms with Gasteiger partial charge >= 0.3 is 0 Å². The lowest BCUT2D eigenvalue weighted by Crippen LogP contribution is -2.09. The summed E-state index contributed by atoms with van der Waals surface area (Å²) in [5.74, 6) is 1.23. The van der Waals surface area contributed by atoms with Gasteiger partial charge in [-0.15, -0.1) is 0 Å². The Bertz CT molecular complexity index is 920. The molecule has 3 aromatic carbocycles. The summed E-state index contributed by atoms with van der Waals surface area (Å²) in [7, 11) is 0. The first-order chi connectivity index (χ1) is 13.6. The van der Waals surface area contributed by atoms with Gasteiger partial charge in [-0.25, -0.2) is 0 Å². The Labute approximate surface area is 165 Å². The Hall–Kier alpha value is -3.20. The summed E-state index contributed by atoms with van der Waals surface area (Å²) in [5.41, 5.74) is 5.98. The lowest BCUT2D eigenvalue weighted by molar-refractivity contribution is 0.473. The number of phenolic OH excluding ortho intramolecular Hbond substituents is 3. The first-order valence-corrected chi connectivity index (χ1v) is 9.70. The molecular formula is C25H24O3. The Morgan fingerprint density at radius 3 is 1.61 bits per heavy atom. The van der Waals surface area contributed by atoms with Crippen LogP contribution in [0.25, 0.3) is 5.57 Å². The molecule has 3 N–H and O–H groups in total. The van der Waals surface area contributed by atoms with E-state index in [1.165, 1.54) is 16.7 Å². The molecule has 3 nitrogen and oxygen atoms in total. The van der Waals surface area contributed by atoms with Crippen LogP contribution in [0.1, 0.15) is 48.3 Å². The number of hydrogen-bond acceptors (Lipinski definition) is 3. The van der Waals surface area contributed by atoms with Crippen LogP contribution < -0.4 is 0 Å². The minimum atomic E-state index is 0.254. The number of hydrogen-bond donors (Lipinski definition) is 3. The Morgan fingerprint density at radius 1 is 0.643 bits per heavy atom. The third kappa shape index (κ3) is 3.89. The molecule has 0 unspecified atom stereocenters. The number of aromatic hydroxyl groups is 3. The van der Waals surface area contributed by atoms with E-state index in [0.29, 0.717) is 11.7 Å². The Balaban J connectivity index is 1.77. The monoisotopic (exact) mass is 372 g/mol. The zero-order valence-electron chi connectivity index (χ0n) is 15.7. The number of allylic oxidation sites excluding steroid dienone is 1. The second-order valence-electron chi connectivity index (χ2n) is 7.46. The molecule has 0 amide bonds. The van der Waals surface area contributed by atoms with Crippen LogP contribution in [0.15, 0.2) is 78.4 Å². The molecule has 0 aliphatic heterocycles. The van der Waals surface area contributed by atoms with Gasteiger partial charge in [0.15, 0.2) is 0 Å². The molecule has 0 radical (unpaired) electrons. The van der Waals surface area contributed by atoms with Crippen molar-refractivity contribution in [1.29, 1.82) is 0 Å². The molecule has 1 aliphatic rings. The van der Waals surface area contributed by atoms with Gasteiger partial charge in [0.1, 0.15) is 17.2 Å². The number of rotatable bonds is 3. The van der Waals surface area contributed by atoms with Crippen molar-refractivity contribution < 1.29 is 15.3 Å². The van der Waals surface area contributed by atoms with E-state index in [4.69, 9.17) is 0 Å². The van der Waals surface area contributed by atoms with E-state index in [0.717, 1.165) is 36.8 Å². The van der Waals surface area contributed by atoms with Crippen molar-refractivity contribution in [3.8, 4) is 17.2 Å². The first-order valence-electron chi connectivity index (χ1n) is 9.70. The van der Waals surface area contributed by atoms with E-state index < -0.39 is 0 Å². The van der Waals surface area contributed by atoms with Crippen LogP contribution in [0.5, 0.6) is 17.2 Å². The van der Waals surface area contributed by atoms with Crippen molar-refractivity contribution in [2.75, 3.05) is 0 Å². The van der Waals surface area contributed by atoms with Crippen LogP contribution >= 0.6 is 0 Å². The van der Waals surface area contributed by atoms with Gasteiger partial charge in [-0.1, -0.05) is 42.0 Å². The molecule has 0 aromatic heterocycles. The maximum absolute atomic E-state index is 9.70. The van der Waals surface area contributed by atoms with E-state index >= 15 is 0 Å². The molecule has 0 spiro atoms.